The second kappa shape index (κ2) is 7.83. The third-order valence-corrected chi connectivity index (χ3v) is 7.33. The van der Waals surface area contributed by atoms with E-state index in [0.29, 0.717) is 10.9 Å². The summed E-state index contributed by atoms with van der Waals surface area (Å²) >= 11 is 0. The minimum absolute atomic E-state index is 0.0486. The molecule has 3 saturated heterocycles. The molecule has 2 aromatic carbocycles. The van der Waals surface area contributed by atoms with Gasteiger partial charge in [0, 0.05) is 17.3 Å². The van der Waals surface area contributed by atoms with Crippen molar-refractivity contribution < 1.29 is 32.0 Å². The van der Waals surface area contributed by atoms with Gasteiger partial charge in [0.25, 0.3) is 11.8 Å². The van der Waals surface area contributed by atoms with Gasteiger partial charge >= 0.3 is 12.2 Å². The van der Waals surface area contributed by atoms with E-state index in [2.05, 4.69) is 10.3 Å². The summed E-state index contributed by atoms with van der Waals surface area (Å²) in [6.07, 6.45) is -3.07. The second-order valence-corrected chi connectivity index (χ2v) is 9.31. The molecular formula is C25H18F3N6O3+. The van der Waals surface area contributed by atoms with Crippen molar-refractivity contribution in [3.63, 3.8) is 0 Å². The number of benzene rings is 2. The summed E-state index contributed by atoms with van der Waals surface area (Å²) in [5.74, 6) is -1.11. The Hall–Kier alpha value is -4.34. The standard InChI is InChI=1S/C25H17F3N6O3/c26-25(27,28)15-3-1-4-16(9-15)31-22(35)19-11-32-12-20-23(36)33(24(37)34(19,20)13-32)18-7-6-14(10-29)21-17(18)5-2-8-30-21/h1-9,19-20H,11-13H2/p+1. The van der Waals surface area contributed by atoms with Crippen LogP contribution in [0.25, 0.3) is 10.9 Å². The molecule has 3 aliphatic heterocycles. The first kappa shape index (κ1) is 23.1. The number of quaternary nitrogens is 1. The van der Waals surface area contributed by atoms with Crippen molar-refractivity contribution in [3.05, 3.63) is 65.9 Å². The predicted octanol–water partition coefficient (Wildman–Crippen LogP) is 3.07. The molecule has 3 aromatic rings. The molecule has 3 aliphatic rings. The van der Waals surface area contributed by atoms with E-state index in [0.717, 1.165) is 17.0 Å². The fourth-order valence-electron chi connectivity index (χ4n) is 5.70. The number of amides is 4. The molecule has 0 aliphatic carbocycles. The van der Waals surface area contributed by atoms with Crippen LogP contribution in [0.3, 0.4) is 0 Å². The number of fused-ring (bicyclic) bond motifs is 2. The number of nitrogens with zero attached hydrogens (tertiary/aromatic N) is 5. The summed E-state index contributed by atoms with van der Waals surface area (Å²) in [5, 5.41) is 12.4. The molecule has 186 valence electrons. The van der Waals surface area contributed by atoms with E-state index in [-0.39, 0.29) is 36.7 Å². The highest BCUT2D eigenvalue weighted by atomic mass is 19.4. The molecule has 3 fully saturated rings. The largest absolute Gasteiger partial charge is 0.433 e. The van der Waals surface area contributed by atoms with Crippen LogP contribution in [-0.4, -0.2) is 64.1 Å². The van der Waals surface area contributed by atoms with Gasteiger partial charge in [-0.1, -0.05) is 6.07 Å². The van der Waals surface area contributed by atoms with Crippen LogP contribution in [0, 0.1) is 11.3 Å². The summed E-state index contributed by atoms with van der Waals surface area (Å²) in [6, 6.07) is 10.2. The number of rotatable bonds is 3. The summed E-state index contributed by atoms with van der Waals surface area (Å²) in [7, 11) is 0. The van der Waals surface area contributed by atoms with E-state index in [4.69, 9.17) is 0 Å². The Kier molecular flexibility index (Phi) is 4.88. The molecule has 1 N–H and O–H groups in total. The van der Waals surface area contributed by atoms with Gasteiger partial charge < -0.3 is 5.32 Å². The lowest BCUT2D eigenvalue weighted by molar-refractivity contribution is -0.852. The number of aromatic nitrogens is 1. The molecule has 4 atom stereocenters. The van der Waals surface area contributed by atoms with E-state index in [1.54, 1.807) is 12.1 Å². The highest BCUT2D eigenvalue weighted by molar-refractivity contribution is 6.22. The molecule has 4 amide bonds. The lowest BCUT2D eigenvalue weighted by Crippen LogP contribution is -2.63. The lowest BCUT2D eigenvalue weighted by atomic mass is 10.1. The molecular weight excluding hydrogens is 489 g/mol. The van der Waals surface area contributed by atoms with Crippen molar-refractivity contribution >= 4 is 40.1 Å². The van der Waals surface area contributed by atoms with Gasteiger partial charge in [-0.3, -0.25) is 14.6 Å². The third-order valence-electron chi connectivity index (χ3n) is 7.33. The quantitative estimate of drug-likeness (QED) is 0.432. The minimum Gasteiger partial charge on any atom is -0.321 e. The van der Waals surface area contributed by atoms with E-state index < -0.39 is 46.2 Å². The number of carbonyl (C=O) groups is 3. The first-order valence-corrected chi connectivity index (χ1v) is 11.4. The zero-order chi connectivity index (χ0) is 26.1. The fraction of sp³-hybridized carbons (Fsp3) is 0.240. The van der Waals surface area contributed by atoms with Crippen LogP contribution in [0.1, 0.15) is 11.1 Å². The normalized spacial score (nSPS) is 26.4. The zero-order valence-electron chi connectivity index (χ0n) is 19.1. The maximum Gasteiger partial charge on any atom is 0.433 e. The van der Waals surface area contributed by atoms with E-state index >= 15 is 0 Å². The van der Waals surface area contributed by atoms with Gasteiger partial charge in [0.15, 0.2) is 12.1 Å². The van der Waals surface area contributed by atoms with Crippen molar-refractivity contribution in [1.82, 2.24) is 9.88 Å². The maximum atomic E-state index is 14.0. The van der Waals surface area contributed by atoms with E-state index in [9.17, 15) is 32.8 Å². The average Bonchev–Trinajstić information content (AvgIpc) is 3.51. The number of imide groups is 1. The van der Waals surface area contributed by atoms with Crippen LogP contribution in [0.2, 0.25) is 0 Å². The number of hydrogen-bond donors (Lipinski definition) is 1. The van der Waals surface area contributed by atoms with Gasteiger partial charge in [-0.15, -0.1) is 0 Å². The van der Waals surface area contributed by atoms with Crippen LogP contribution in [0.15, 0.2) is 54.7 Å². The first-order chi connectivity index (χ1) is 17.6. The smallest absolute Gasteiger partial charge is 0.321 e. The molecule has 4 heterocycles. The number of urea groups is 1. The van der Waals surface area contributed by atoms with Crippen molar-refractivity contribution in [2.75, 3.05) is 30.0 Å². The molecule has 0 radical (unpaired) electrons. The molecule has 1 spiro atoms. The molecule has 37 heavy (non-hydrogen) atoms. The second-order valence-electron chi connectivity index (χ2n) is 9.31. The monoisotopic (exact) mass is 507 g/mol. The Morgan fingerprint density at radius 2 is 1.95 bits per heavy atom. The molecule has 12 heteroatoms. The highest BCUT2D eigenvalue weighted by Gasteiger charge is 2.73. The SMILES string of the molecule is N#Cc1ccc(N2C(=O)C3CN4CC(C(=O)Nc5cccc(C(F)(F)F)c5)[N+]3(C4)C2=O)c2cccnc12. The topological polar surface area (TPSA) is 106 Å². The van der Waals surface area contributed by atoms with Crippen LogP contribution in [0.4, 0.5) is 29.3 Å². The van der Waals surface area contributed by atoms with E-state index in [1.807, 2.05) is 11.0 Å². The molecule has 6 rings (SSSR count). The number of nitrogens with one attached hydrogen (secondary N) is 1. The van der Waals surface area contributed by atoms with Crippen molar-refractivity contribution in [1.29, 1.82) is 5.26 Å². The van der Waals surface area contributed by atoms with Gasteiger partial charge in [-0.25, -0.2) is 14.2 Å². The van der Waals surface area contributed by atoms with Gasteiger partial charge in [0.1, 0.15) is 12.7 Å². The summed E-state index contributed by atoms with van der Waals surface area (Å²) in [5.41, 5.74) is -0.0529. The van der Waals surface area contributed by atoms with Crippen LogP contribution in [0.5, 0.6) is 0 Å². The third kappa shape index (κ3) is 3.24. The summed E-state index contributed by atoms with van der Waals surface area (Å²) < 4.78 is 38.9. The number of carbonyl (C=O) groups excluding carboxylic acids is 3. The molecule has 2 bridgehead atoms. The number of halogens is 3. The Bertz CT molecular complexity index is 1550. The predicted molar refractivity (Wildman–Crippen MR) is 124 cm³/mol. The molecule has 4 unspecified atom stereocenters. The van der Waals surface area contributed by atoms with Crippen LogP contribution in [-0.2, 0) is 15.8 Å². The van der Waals surface area contributed by atoms with Crippen LogP contribution < -0.4 is 10.2 Å². The number of piperazine rings is 1. The zero-order valence-corrected chi connectivity index (χ0v) is 19.1. The van der Waals surface area contributed by atoms with Gasteiger partial charge in [-0.2, -0.15) is 23.3 Å². The van der Waals surface area contributed by atoms with E-state index in [1.165, 1.54) is 30.5 Å². The molecule has 9 nitrogen and oxygen atoms in total. The Morgan fingerprint density at radius 1 is 1.14 bits per heavy atom. The highest BCUT2D eigenvalue weighted by Crippen LogP contribution is 2.45. The Balaban J connectivity index is 1.36. The summed E-state index contributed by atoms with van der Waals surface area (Å²) in [4.78, 5) is 48.0. The number of alkyl halides is 3. The first-order valence-electron chi connectivity index (χ1n) is 11.4. The van der Waals surface area contributed by atoms with Gasteiger partial charge in [0.05, 0.1) is 35.4 Å². The maximum absolute atomic E-state index is 14.0. The molecule has 0 saturated carbocycles. The number of hydrogen-bond acceptors (Lipinski definition) is 6. The van der Waals surface area contributed by atoms with Crippen LogP contribution >= 0.6 is 0 Å². The fourth-order valence-corrected chi connectivity index (χ4v) is 5.70. The van der Waals surface area contributed by atoms with Gasteiger partial charge in [0.2, 0.25) is 0 Å². The number of anilines is 2. The van der Waals surface area contributed by atoms with Crippen molar-refractivity contribution in [2.24, 2.45) is 0 Å². The average molecular weight is 507 g/mol. The summed E-state index contributed by atoms with van der Waals surface area (Å²) in [6.45, 7) is 0.601. The minimum atomic E-state index is -4.58. The molecule has 1 aromatic heterocycles. The number of nitriles is 1. The lowest BCUT2D eigenvalue weighted by Gasteiger charge is -2.32. The number of pyridine rings is 1. The van der Waals surface area contributed by atoms with Gasteiger partial charge in [-0.05, 0) is 42.5 Å². The Morgan fingerprint density at radius 3 is 2.70 bits per heavy atom. The van der Waals surface area contributed by atoms with Crippen molar-refractivity contribution in [3.8, 4) is 6.07 Å². The Labute approximate surface area is 207 Å². The van der Waals surface area contributed by atoms with Crippen molar-refractivity contribution in [2.45, 2.75) is 18.3 Å².